The molecule has 1 aromatic carbocycles. The van der Waals surface area contributed by atoms with Crippen LogP contribution in [0.25, 0.3) is 11.4 Å². The largest absolute Gasteiger partial charge is 0.491 e. The first-order valence-corrected chi connectivity index (χ1v) is 5.93. The van der Waals surface area contributed by atoms with Gasteiger partial charge in [-0.25, -0.2) is 9.97 Å². The molecule has 4 heteroatoms. The van der Waals surface area contributed by atoms with E-state index in [1.165, 1.54) is 0 Å². The zero-order chi connectivity index (χ0) is 13.1. The number of nitrogen functional groups attached to an aromatic ring is 1. The van der Waals surface area contributed by atoms with Crippen molar-refractivity contribution >= 4 is 5.82 Å². The van der Waals surface area contributed by atoms with Crippen LogP contribution < -0.4 is 10.5 Å². The molecule has 2 N–H and O–H groups in total. The van der Waals surface area contributed by atoms with Gasteiger partial charge in [0.1, 0.15) is 11.6 Å². The van der Waals surface area contributed by atoms with Crippen molar-refractivity contribution < 1.29 is 4.74 Å². The monoisotopic (exact) mass is 243 g/mol. The standard InChI is InChI=1S/C14H17N3O/c1-9(2)18-12-6-4-5-11(8-12)14-16-10(3)7-13(15)17-14/h4-9H,1-3H3,(H2,15,16,17). The Morgan fingerprint density at radius 2 is 1.94 bits per heavy atom. The molecule has 0 radical (unpaired) electrons. The molecular formula is C14H17N3O. The van der Waals surface area contributed by atoms with E-state index in [1.54, 1.807) is 6.07 Å². The first-order valence-electron chi connectivity index (χ1n) is 5.93. The van der Waals surface area contributed by atoms with Crippen molar-refractivity contribution in [3.63, 3.8) is 0 Å². The maximum absolute atomic E-state index is 5.73. The van der Waals surface area contributed by atoms with Crippen LogP contribution in [0.3, 0.4) is 0 Å². The Balaban J connectivity index is 2.38. The molecule has 1 aromatic heterocycles. The maximum Gasteiger partial charge on any atom is 0.161 e. The molecule has 94 valence electrons. The number of aryl methyl sites for hydroxylation is 1. The lowest BCUT2D eigenvalue weighted by Gasteiger charge is -2.10. The fourth-order valence-electron chi connectivity index (χ4n) is 1.70. The number of nitrogens with two attached hydrogens (primary N) is 1. The third-order valence-corrected chi connectivity index (χ3v) is 2.34. The zero-order valence-electron chi connectivity index (χ0n) is 10.8. The molecule has 0 aliphatic carbocycles. The van der Waals surface area contributed by atoms with Crippen molar-refractivity contribution in [1.82, 2.24) is 9.97 Å². The fourth-order valence-corrected chi connectivity index (χ4v) is 1.70. The summed E-state index contributed by atoms with van der Waals surface area (Å²) in [6.07, 6.45) is 0.142. The van der Waals surface area contributed by atoms with Gasteiger partial charge in [-0.15, -0.1) is 0 Å². The second kappa shape index (κ2) is 5.04. The Bertz CT molecular complexity index is 532. The number of anilines is 1. The number of aromatic nitrogens is 2. The van der Waals surface area contributed by atoms with E-state index < -0.39 is 0 Å². The molecule has 2 aromatic rings. The first-order chi connectivity index (χ1) is 8.54. The average Bonchev–Trinajstić information content (AvgIpc) is 2.27. The first kappa shape index (κ1) is 12.4. The van der Waals surface area contributed by atoms with Crippen molar-refractivity contribution in [2.75, 3.05) is 5.73 Å². The fraction of sp³-hybridized carbons (Fsp3) is 0.286. The van der Waals surface area contributed by atoms with Crippen LogP contribution in [0.2, 0.25) is 0 Å². The molecule has 0 saturated carbocycles. The van der Waals surface area contributed by atoms with Gasteiger partial charge in [-0.2, -0.15) is 0 Å². The van der Waals surface area contributed by atoms with Gasteiger partial charge in [0.2, 0.25) is 0 Å². The summed E-state index contributed by atoms with van der Waals surface area (Å²) in [5.74, 6) is 1.92. The number of ether oxygens (including phenoxy) is 1. The van der Waals surface area contributed by atoms with Gasteiger partial charge >= 0.3 is 0 Å². The molecule has 2 rings (SSSR count). The van der Waals surface area contributed by atoms with E-state index in [9.17, 15) is 0 Å². The molecule has 0 saturated heterocycles. The summed E-state index contributed by atoms with van der Waals surface area (Å²) >= 11 is 0. The molecule has 18 heavy (non-hydrogen) atoms. The van der Waals surface area contributed by atoms with Crippen LogP contribution in [0, 0.1) is 6.92 Å². The van der Waals surface area contributed by atoms with Gasteiger partial charge in [-0.3, -0.25) is 0 Å². The van der Waals surface area contributed by atoms with E-state index >= 15 is 0 Å². The molecule has 0 amide bonds. The topological polar surface area (TPSA) is 61.0 Å². The van der Waals surface area contributed by atoms with Crippen molar-refractivity contribution in [2.45, 2.75) is 26.9 Å². The second-order valence-corrected chi connectivity index (χ2v) is 4.45. The van der Waals surface area contributed by atoms with Crippen molar-refractivity contribution in [3.05, 3.63) is 36.0 Å². The summed E-state index contributed by atoms with van der Waals surface area (Å²) in [6, 6.07) is 9.46. The number of hydrogen-bond acceptors (Lipinski definition) is 4. The molecule has 0 bridgehead atoms. The Labute approximate surface area is 107 Å². The Morgan fingerprint density at radius 3 is 2.61 bits per heavy atom. The summed E-state index contributed by atoms with van der Waals surface area (Å²) in [5.41, 5.74) is 7.49. The lowest BCUT2D eigenvalue weighted by Crippen LogP contribution is -2.05. The van der Waals surface area contributed by atoms with Crippen LogP contribution in [0.15, 0.2) is 30.3 Å². The van der Waals surface area contributed by atoms with E-state index in [4.69, 9.17) is 10.5 Å². The highest BCUT2D eigenvalue weighted by Gasteiger charge is 2.05. The van der Waals surface area contributed by atoms with Crippen molar-refractivity contribution in [3.8, 4) is 17.1 Å². The SMILES string of the molecule is Cc1cc(N)nc(-c2cccc(OC(C)C)c2)n1. The van der Waals surface area contributed by atoms with Gasteiger partial charge in [0.15, 0.2) is 5.82 Å². The van der Waals surface area contributed by atoms with Gasteiger partial charge < -0.3 is 10.5 Å². The van der Waals surface area contributed by atoms with Gasteiger partial charge in [0.25, 0.3) is 0 Å². The number of rotatable bonds is 3. The minimum Gasteiger partial charge on any atom is -0.491 e. The number of nitrogens with zero attached hydrogens (tertiary/aromatic N) is 2. The molecule has 0 unspecified atom stereocenters. The predicted molar refractivity (Wildman–Crippen MR) is 72.4 cm³/mol. The zero-order valence-corrected chi connectivity index (χ0v) is 10.8. The van der Waals surface area contributed by atoms with Crippen LogP contribution in [0.4, 0.5) is 5.82 Å². The van der Waals surface area contributed by atoms with Crippen LogP contribution in [0.5, 0.6) is 5.75 Å². The van der Waals surface area contributed by atoms with Gasteiger partial charge in [0.05, 0.1) is 6.10 Å². The highest BCUT2D eigenvalue weighted by Crippen LogP contribution is 2.22. The highest BCUT2D eigenvalue weighted by molar-refractivity contribution is 5.59. The smallest absolute Gasteiger partial charge is 0.161 e. The van der Waals surface area contributed by atoms with Crippen LogP contribution >= 0.6 is 0 Å². The molecule has 4 nitrogen and oxygen atoms in total. The van der Waals surface area contributed by atoms with E-state index in [1.807, 2.05) is 45.0 Å². The summed E-state index contributed by atoms with van der Waals surface area (Å²) in [6.45, 7) is 5.89. The normalized spacial score (nSPS) is 10.7. The van der Waals surface area contributed by atoms with Crippen molar-refractivity contribution in [1.29, 1.82) is 0 Å². The van der Waals surface area contributed by atoms with Crippen LogP contribution in [0.1, 0.15) is 19.5 Å². The van der Waals surface area contributed by atoms with Crippen LogP contribution in [-0.4, -0.2) is 16.1 Å². The molecule has 0 aliphatic heterocycles. The number of hydrogen-bond donors (Lipinski definition) is 1. The highest BCUT2D eigenvalue weighted by atomic mass is 16.5. The lowest BCUT2D eigenvalue weighted by molar-refractivity contribution is 0.242. The van der Waals surface area contributed by atoms with E-state index in [0.717, 1.165) is 17.0 Å². The lowest BCUT2D eigenvalue weighted by atomic mass is 10.2. The van der Waals surface area contributed by atoms with Crippen LogP contribution in [-0.2, 0) is 0 Å². The molecule has 0 atom stereocenters. The van der Waals surface area contributed by atoms with E-state index in [2.05, 4.69) is 9.97 Å². The third-order valence-electron chi connectivity index (χ3n) is 2.34. The molecule has 0 fully saturated rings. The molecule has 0 aliphatic rings. The Kier molecular flexibility index (Phi) is 3.46. The maximum atomic E-state index is 5.73. The summed E-state index contributed by atoms with van der Waals surface area (Å²) in [5, 5.41) is 0. The summed E-state index contributed by atoms with van der Waals surface area (Å²) in [7, 11) is 0. The summed E-state index contributed by atoms with van der Waals surface area (Å²) in [4.78, 5) is 8.61. The predicted octanol–water partition coefficient (Wildman–Crippen LogP) is 2.82. The molecule has 1 heterocycles. The quantitative estimate of drug-likeness (QED) is 0.900. The minimum atomic E-state index is 0.142. The Morgan fingerprint density at radius 1 is 1.17 bits per heavy atom. The summed E-state index contributed by atoms with van der Waals surface area (Å²) < 4.78 is 5.65. The van der Waals surface area contributed by atoms with Gasteiger partial charge in [-0.05, 0) is 32.9 Å². The average molecular weight is 243 g/mol. The van der Waals surface area contributed by atoms with Gasteiger partial charge in [-0.1, -0.05) is 12.1 Å². The van der Waals surface area contributed by atoms with Gasteiger partial charge in [0, 0.05) is 17.3 Å². The van der Waals surface area contributed by atoms with Crippen molar-refractivity contribution in [2.24, 2.45) is 0 Å². The Hall–Kier alpha value is -2.10. The minimum absolute atomic E-state index is 0.142. The third kappa shape index (κ3) is 2.97. The van der Waals surface area contributed by atoms with E-state index in [0.29, 0.717) is 11.6 Å². The van der Waals surface area contributed by atoms with E-state index in [-0.39, 0.29) is 6.10 Å². The molecule has 0 spiro atoms. The number of benzene rings is 1. The molecular weight excluding hydrogens is 226 g/mol. The second-order valence-electron chi connectivity index (χ2n) is 4.45.